The second kappa shape index (κ2) is 5.12. The molecule has 1 aromatic rings. The maximum Gasteiger partial charge on any atom is 0.263 e. The summed E-state index contributed by atoms with van der Waals surface area (Å²) in [5.41, 5.74) is 7.25. The van der Waals surface area contributed by atoms with E-state index in [-0.39, 0.29) is 5.56 Å². The van der Waals surface area contributed by atoms with E-state index in [9.17, 15) is 8.78 Å². The number of alkyl halides is 2. The molecule has 2 atom stereocenters. The molecule has 1 fully saturated rings. The molecular formula is C14H20F2N2. The zero-order chi connectivity index (χ0) is 13.3. The summed E-state index contributed by atoms with van der Waals surface area (Å²) in [6.45, 7) is 5.35. The molecule has 2 N–H and O–H groups in total. The van der Waals surface area contributed by atoms with Gasteiger partial charge in [-0.2, -0.15) is 0 Å². The second-order valence-electron chi connectivity index (χ2n) is 5.29. The minimum Gasteiger partial charge on any atom is -0.397 e. The summed E-state index contributed by atoms with van der Waals surface area (Å²) in [4.78, 5) is 2.23. The van der Waals surface area contributed by atoms with Gasteiger partial charge in [0.2, 0.25) is 0 Å². The monoisotopic (exact) mass is 254 g/mol. The van der Waals surface area contributed by atoms with Crippen molar-refractivity contribution in [2.24, 2.45) is 5.92 Å². The molecule has 0 spiro atoms. The van der Waals surface area contributed by atoms with Crippen molar-refractivity contribution < 1.29 is 8.78 Å². The third kappa shape index (κ3) is 2.57. The molecule has 0 aliphatic carbocycles. The van der Waals surface area contributed by atoms with Gasteiger partial charge in [-0.05, 0) is 37.8 Å². The smallest absolute Gasteiger partial charge is 0.263 e. The zero-order valence-electron chi connectivity index (χ0n) is 10.9. The van der Waals surface area contributed by atoms with E-state index in [0.717, 1.165) is 31.0 Å². The molecule has 2 unspecified atom stereocenters. The highest BCUT2D eigenvalue weighted by Crippen LogP contribution is 2.33. The molecule has 100 valence electrons. The second-order valence-corrected chi connectivity index (χ2v) is 5.29. The molecule has 0 saturated carbocycles. The van der Waals surface area contributed by atoms with Gasteiger partial charge in [-0.1, -0.05) is 13.0 Å². The van der Waals surface area contributed by atoms with Crippen LogP contribution < -0.4 is 10.6 Å². The van der Waals surface area contributed by atoms with Crippen LogP contribution in [0.4, 0.5) is 20.2 Å². The maximum atomic E-state index is 12.6. The normalized spacial score (nSPS) is 24.6. The van der Waals surface area contributed by atoms with E-state index >= 15 is 0 Å². The molecule has 0 aromatic heterocycles. The number of nitrogens with zero attached hydrogens (tertiary/aromatic N) is 1. The first-order valence-corrected chi connectivity index (χ1v) is 6.43. The zero-order valence-corrected chi connectivity index (χ0v) is 10.9. The summed E-state index contributed by atoms with van der Waals surface area (Å²) >= 11 is 0. The molecule has 1 aliphatic heterocycles. The van der Waals surface area contributed by atoms with Crippen molar-refractivity contribution in [3.8, 4) is 0 Å². The Balaban J connectivity index is 2.23. The fourth-order valence-corrected chi connectivity index (χ4v) is 2.74. The molecule has 2 nitrogen and oxygen atoms in total. The largest absolute Gasteiger partial charge is 0.397 e. The van der Waals surface area contributed by atoms with Crippen molar-refractivity contribution in [2.75, 3.05) is 17.2 Å². The van der Waals surface area contributed by atoms with E-state index in [1.165, 1.54) is 12.1 Å². The van der Waals surface area contributed by atoms with Crippen LogP contribution in [0.25, 0.3) is 0 Å². The van der Waals surface area contributed by atoms with Crippen LogP contribution in [0.15, 0.2) is 18.2 Å². The van der Waals surface area contributed by atoms with E-state index in [4.69, 9.17) is 5.73 Å². The van der Waals surface area contributed by atoms with Gasteiger partial charge in [0.15, 0.2) is 0 Å². The lowest BCUT2D eigenvalue weighted by atomic mass is 9.92. The topological polar surface area (TPSA) is 29.3 Å². The summed E-state index contributed by atoms with van der Waals surface area (Å²) in [7, 11) is 0. The first-order chi connectivity index (χ1) is 8.49. The molecule has 1 saturated heterocycles. The van der Waals surface area contributed by atoms with Crippen LogP contribution in [-0.2, 0) is 0 Å². The van der Waals surface area contributed by atoms with Crippen molar-refractivity contribution >= 4 is 11.4 Å². The number of benzene rings is 1. The van der Waals surface area contributed by atoms with Gasteiger partial charge in [-0.15, -0.1) is 0 Å². The van der Waals surface area contributed by atoms with Gasteiger partial charge >= 0.3 is 0 Å². The molecule has 1 aliphatic rings. The van der Waals surface area contributed by atoms with E-state index in [0.29, 0.717) is 11.7 Å². The Morgan fingerprint density at radius 3 is 2.61 bits per heavy atom. The van der Waals surface area contributed by atoms with Crippen LogP contribution in [0.3, 0.4) is 0 Å². The Bertz CT molecular complexity index is 420. The molecule has 4 heteroatoms. The summed E-state index contributed by atoms with van der Waals surface area (Å²) in [6, 6.07) is 5.00. The average molecular weight is 254 g/mol. The van der Waals surface area contributed by atoms with Crippen LogP contribution in [-0.4, -0.2) is 12.6 Å². The van der Waals surface area contributed by atoms with E-state index in [1.54, 1.807) is 6.07 Å². The fourth-order valence-electron chi connectivity index (χ4n) is 2.74. The quantitative estimate of drug-likeness (QED) is 0.813. The van der Waals surface area contributed by atoms with Crippen molar-refractivity contribution in [1.29, 1.82) is 0 Å². The summed E-state index contributed by atoms with van der Waals surface area (Å²) in [5.74, 6) is 0.720. The molecule has 0 amide bonds. The molecule has 18 heavy (non-hydrogen) atoms. The van der Waals surface area contributed by atoms with E-state index in [1.807, 2.05) is 0 Å². The number of piperidine rings is 1. The average Bonchev–Trinajstić information content (AvgIpc) is 2.30. The van der Waals surface area contributed by atoms with Crippen molar-refractivity contribution in [3.05, 3.63) is 23.8 Å². The predicted molar refractivity (Wildman–Crippen MR) is 71.0 cm³/mol. The third-order valence-electron chi connectivity index (χ3n) is 3.75. The Morgan fingerprint density at radius 1 is 1.33 bits per heavy atom. The number of rotatable bonds is 2. The van der Waals surface area contributed by atoms with Gasteiger partial charge in [-0.3, -0.25) is 0 Å². The van der Waals surface area contributed by atoms with Crippen LogP contribution in [0.2, 0.25) is 0 Å². The molecule has 1 aromatic carbocycles. The standard InChI is InChI=1S/C14H20F2N2/c1-9-5-6-18(10(2)7-9)13-4-3-11(14(15)16)8-12(13)17/h3-4,8-10,14H,5-7,17H2,1-2H3. The van der Waals surface area contributed by atoms with Crippen LogP contribution in [0.5, 0.6) is 0 Å². The third-order valence-corrected chi connectivity index (χ3v) is 3.75. The molecule has 1 heterocycles. The van der Waals surface area contributed by atoms with Gasteiger partial charge in [0.1, 0.15) is 0 Å². The molecular weight excluding hydrogens is 234 g/mol. The van der Waals surface area contributed by atoms with Crippen molar-refractivity contribution in [2.45, 2.75) is 39.2 Å². The van der Waals surface area contributed by atoms with E-state index < -0.39 is 6.43 Å². The Kier molecular flexibility index (Phi) is 3.73. The van der Waals surface area contributed by atoms with Gasteiger partial charge in [-0.25, -0.2) is 8.78 Å². The first-order valence-electron chi connectivity index (χ1n) is 6.43. The van der Waals surface area contributed by atoms with E-state index in [2.05, 4.69) is 18.7 Å². The number of hydrogen-bond acceptors (Lipinski definition) is 2. The van der Waals surface area contributed by atoms with Crippen molar-refractivity contribution in [3.63, 3.8) is 0 Å². The highest BCUT2D eigenvalue weighted by molar-refractivity contribution is 5.69. The number of halogens is 2. The highest BCUT2D eigenvalue weighted by atomic mass is 19.3. The Hall–Kier alpha value is -1.32. The van der Waals surface area contributed by atoms with Gasteiger partial charge in [0, 0.05) is 18.2 Å². The van der Waals surface area contributed by atoms with Crippen LogP contribution in [0.1, 0.15) is 38.7 Å². The highest BCUT2D eigenvalue weighted by Gasteiger charge is 2.24. The number of hydrogen-bond donors (Lipinski definition) is 1. The molecule has 2 rings (SSSR count). The SMILES string of the molecule is CC1CCN(c2ccc(C(F)F)cc2N)C(C)C1. The molecule has 0 radical (unpaired) electrons. The minimum absolute atomic E-state index is 0.00530. The Labute approximate surface area is 107 Å². The first kappa shape index (κ1) is 13.1. The van der Waals surface area contributed by atoms with Crippen LogP contribution in [0, 0.1) is 5.92 Å². The Morgan fingerprint density at radius 2 is 2.06 bits per heavy atom. The van der Waals surface area contributed by atoms with Gasteiger partial charge in [0.25, 0.3) is 6.43 Å². The van der Waals surface area contributed by atoms with Crippen molar-refractivity contribution in [1.82, 2.24) is 0 Å². The van der Waals surface area contributed by atoms with Crippen LogP contribution >= 0.6 is 0 Å². The number of anilines is 2. The molecule has 0 bridgehead atoms. The lowest BCUT2D eigenvalue weighted by Gasteiger charge is -2.39. The summed E-state index contributed by atoms with van der Waals surface area (Å²) in [5, 5.41) is 0. The number of nitrogens with two attached hydrogens (primary N) is 1. The summed E-state index contributed by atoms with van der Waals surface area (Å²) < 4.78 is 25.2. The summed E-state index contributed by atoms with van der Waals surface area (Å²) in [6.07, 6.45) is -0.212. The maximum absolute atomic E-state index is 12.6. The van der Waals surface area contributed by atoms with Gasteiger partial charge < -0.3 is 10.6 Å². The lowest BCUT2D eigenvalue weighted by Crippen LogP contribution is -2.40. The lowest BCUT2D eigenvalue weighted by molar-refractivity contribution is 0.151. The predicted octanol–water partition coefficient (Wildman–Crippen LogP) is 3.83. The van der Waals surface area contributed by atoms with Gasteiger partial charge in [0.05, 0.1) is 11.4 Å². The minimum atomic E-state index is -2.46. The number of nitrogen functional groups attached to an aromatic ring is 1. The fraction of sp³-hybridized carbons (Fsp3) is 0.571.